The highest BCUT2D eigenvalue weighted by molar-refractivity contribution is 6.35. The van der Waals surface area contributed by atoms with Crippen LogP contribution in [0.4, 0.5) is 0 Å². The molecule has 1 aliphatic carbocycles. The molecule has 2 aliphatic rings. The molecule has 8 heteroatoms. The molecule has 0 radical (unpaired) electrons. The fourth-order valence-electron chi connectivity index (χ4n) is 4.72. The Morgan fingerprint density at radius 2 is 1.67 bits per heavy atom. The van der Waals surface area contributed by atoms with E-state index >= 15 is 0 Å². The smallest absolute Gasteiger partial charge is 0.313 e. The third-order valence-corrected chi connectivity index (χ3v) is 6.60. The van der Waals surface area contributed by atoms with Crippen molar-refractivity contribution in [2.45, 2.75) is 49.5 Å². The van der Waals surface area contributed by atoms with Crippen molar-refractivity contribution in [3.63, 3.8) is 0 Å². The summed E-state index contributed by atoms with van der Waals surface area (Å²) in [5, 5.41) is 32.2. The summed E-state index contributed by atoms with van der Waals surface area (Å²) in [5.41, 5.74) is 1.03. The zero-order chi connectivity index (χ0) is 21.6. The number of hydrogen-bond acceptors (Lipinski definition) is 4. The second kappa shape index (κ2) is 8.19. The van der Waals surface area contributed by atoms with Crippen LogP contribution in [0.5, 0.6) is 0 Å². The molecule has 158 valence electrons. The molecule has 0 aromatic heterocycles. The van der Waals surface area contributed by atoms with Crippen LogP contribution >= 0.6 is 23.2 Å². The number of halogens is 2. The molecule has 1 heterocycles. The highest BCUT2D eigenvalue weighted by Crippen LogP contribution is 2.47. The Morgan fingerprint density at radius 3 is 2.30 bits per heavy atom. The molecule has 2 aromatic carbocycles. The van der Waals surface area contributed by atoms with Gasteiger partial charge in [-0.05, 0) is 48.6 Å². The number of carbonyl (C=O) groups is 2. The Bertz CT molecular complexity index is 987. The van der Waals surface area contributed by atoms with E-state index in [1.54, 1.807) is 36.4 Å². The Morgan fingerprint density at radius 1 is 1.00 bits per heavy atom. The largest absolute Gasteiger partial charge is 0.481 e. The molecule has 30 heavy (non-hydrogen) atoms. The highest BCUT2D eigenvalue weighted by atomic mass is 35.5. The van der Waals surface area contributed by atoms with Crippen LogP contribution in [0.15, 0.2) is 42.5 Å². The predicted octanol–water partition coefficient (Wildman–Crippen LogP) is 3.63. The van der Waals surface area contributed by atoms with Gasteiger partial charge in [0.2, 0.25) is 0 Å². The number of carboxylic acid groups (broad SMARTS) is 1. The zero-order valence-corrected chi connectivity index (χ0v) is 17.4. The molecule has 1 aliphatic heterocycles. The summed E-state index contributed by atoms with van der Waals surface area (Å²) in [6, 6.07) is 9.25. The van der Waals surface area contributed by atoms with Gasteiger partial charge in [0, 0.05) is 15.6 Å². The first-order valence-corrected chi connectivity index (χ1v) is 10.5. The minimum atomic E-state index is -1.13. The zero-order valence-electron chi connectivity index (χ0n) is 15.9. The lowest BCUT2D eigenvalue weighted by Gasteiger charge is -2.49. The Labute approximate surface area is 183 Å². The fourth-order valence-corrected chi connectivity index (χ4v) is 5.24. The van der Waals surface area contributed by atoms with Crippen molar-refractivity contribution in [1.29, 1.82) is 0 Å². The predicted molar refractivity (Wildman–Crippen MR) is 112 cm³/mol. The molecule has 1 fully saturated rings. The summed E-state index contributed by atoms with van der Waals surface area (Å²) in [6.45, 7) is 0. The summed E-state index contributed by atoms with van der Waals surface area (Å²) >= 11 is 12.5. The number of aliphatic carboxylic acids is 1. The van der Waals surface area contributed by atoms with Crippen LogP contribution in [-0.2, 0) is 4.79 Å². The number of rotatable bonds is 3. The van der Waals surface area contributed by atoms with E-state index in [-0.39, 0.29) is 10.6 Å². The summed E-state index contributed by atoms with van der Waals surface area (Å²) in [7, 11) is 0. The van der Waals surface area contributed by atoms with Crippen LogP contribution in [0, 0.1) is 0 Å². The lowest BCUT2D eigenvalue weighted by Crippen LogP contribution is -2.59. The van der Waals surface area contributed by atoms with Crippen LogP contribution in [0.2, 0.25) is 10.0 Å². The molecule has 2 aromatic rings. The van der Waals surface area contributed by atoms with Gasteiger partial charge in [-0.25, -0.2) is 0 Å². The fraction of sp³-hybridized carbons (Fsp3) is 0.364. The van der Waals surface area contributed by atoms with Crippen molar-refractivity contribution < 1.29 is 24.9 Å². The van der Waals surface area contributed by atoms with Gasteiger partial charge >= 0.3 is 5.97 Å². The number of amides is 1. The van der Waals surface area contributed by atoms with Gasteiger partial charge in [-0.1, -0.05) is 47.5 Å². The van der Waals surface area contributed by atoms with Crippen molar-refractivity contribution in [2.24, 2.45) is 0 Å². The van der Waals surface area contributed by atoms with E-state index in [0.717, 1.165) is 0 Å². The number of fused-ring (bicyclic) bond motifs is 1. The van der Waals surface area contributed by atoms with Gasteiger partial charge in [-0.3, -0.25) is 9.59 Å². The van der Waals surface area contributed by atoms with E-state index in [4.69, 9.17) is 23.2 Å². The molecular weight excluding hydrogens is 429 g/mol. The monoisotopic (exact) mass is 449 g/mol. The molecule has 6 nitrogen and oxygen atoms in total. The molecule has 0 saturated heterocycles. The maximum absolute atomic E-state index is 13.6. The first kappa shape index (κ1) is 21.1. The van der Waals surface area contributed by atoms with E-state index in [2.05, 4.69) is 0 Å². The Kier molecular flexibility index (Phi) is 5.77. The number of benzene rings is 2. The average Bonchev–Trinajstić information content (AvgIpc) is 2.69. The quantitative estimate of drug-likeness (QED) is 0.664. The van der Waals surface area contributed by atoms with E-state index in [9.17, 15) is 24.9 Å². The van der Waals surface area contributed by atoms with E-state index in [1.165, 1.54) is 11.0 Å². The van der Waals surface area contributed by atoms with Gasteiger partial charge < -0.3 is 20.2 Å². The second-order valence-corrected chi connectivity index (χ2v) is 8.63. The molecule has 4 rings (SSSR count). The summed E-state index contributed by atoms with van der Waals surface area (Å²) in [5.74, 6) is -2.70. The summed E-state index contributed by atoms with van der Waals surface area (Å²) in [6.07, 6.45) is -0.527. The topological polar surface area (TPSA) is 98.1 Å². The van der Waals surface area contributed by atoms with E-state index in [1.807, 2.05) is 0 Å². The summed E-state index contributed by atoms with van der Waals surface area (Å²) in [4.78, 5) is 27.3. The van der Waals surface area contributed by atoms with E-state index < -0.39 is 42.1 Å². The Balaban J connectivity index is 1.97. The maximum atomic E-state index is 13.6. The number of aliphatic hydroxyl groups is 2. The normalized spacial score (nSPS) is 28.9. The number of aliphatic hydroxyl groups excluding tert-OH is 2. The van der Waals surface area contributed by atoms with Crippen LogP contribution < -0.4 is 0 Å². The molecule has 3 N–H and O–H groups in total. The van der Waals surface area contributed by atoms with Crippen molar-refractivity contribution in [1.82, 2.24) is 4.90 Å². The number of nitrogens with zero attached hydrogens (tertiary/aromatic N) is 1. The molecule has 0 bridgehead atoms. The van der Waals surface area contributed by atoms with E-state index in [0.29, 0.717) is 35.4 Å². The molecule has 1 saturated carbocycles. The van der Waals surface area contributed by atoms with Crippen molar-refractivity contribution in [3.05, 3.63) is 69.2 Å². The average molecular weight is 450 g/mol. The van der Waals surface area contributed by atoms with Crippen LogP contribution in [0.1, 0.15) is 52.7 Å². The van der Waals surface area contributed by atoms with Crippen LogP contribution in [0.25, 0.3) is 0 Å². The van der Waals surface area contributed by atoms with Gasteiger partial charge in [0.15, 0.2) is 0 Å². The third-order valence-electron chi connectivity index (χ3n) is 6.03. The lowest BCUT2D eigenvalue weighted by molar-refractivity contribution is -0.142. The number of carbonyl (C=O) groups excluding carboxylic acids is 1. The van der Waals surface area contributed by atoms with Gasteiger partial charge in [-0.15, -0.1) is 0 Å². The minimum absolute atomic E-state index is 0.218. The standard InChI is InChI=1S/C22H21Cl2NO5/c23-11-8-9-14(15(24)10-11)19-18(22(29)30)12-4-1-2-5-13(12)21(28)25(19)20-16(26)6-3-7-17(20)27/h1-2,4-5,8-10,16-20,26-27H,3,6-7H2,(H,29,30)/t16-,17+,18-,19+,20?/m1/s1. The summed E-state index contributed by atoms with van der Waals surface area (Å²) < 4.78 is 0. The van der Waals surface area contributed by atoms with Crippen LogP contribution in [-0.4, -0.2) is 50.3 Å². The maximum Gasteiger partial charge on any atom is 0.313 e. The first-order valence-electron chi connectivity index (χ1n) is 9.76. The first-order chi connectivity index (χ1) is 14.3. The second-order valence-electron chi connectivity index (χ2n) is 7.78. The van der Waals surface area contributed by atoms with Gasteiger partial charge in [0.1, 0.15) is 5.92 Å². The number of hydrogen-bond donors (Lipinski definition) is 3. The van der Waals surface area contributed by atoms with Crippen molar-refractivity contribution >= 4 is 35.1 Å². The molecule has 0 spiro atoms. The lowest BCUT2D eigenvalue weighted by atomic mass is 9.76. The molecule has 5 atom stereocenters. The van der Waals surface area contributed by atoms with Gasteiger partial charge in [0.05, 0.1) is 24.3 Å². The number of carboxylic acids is 1. The SMILES string of the molecule is O=C(O)[C@@H]1c2ccccc2C(=O)N(C2[C@H](O)CCC[C@@H]2O)[C@H]1c1ccc(Cl)cc1Cl. The minimum Gasteiger partial charge on any atom is -0.481 e. The molecule has 1 amide bonds. The third kappa shape index (κ3) is 3.48. The van der Waals surface area contributed by atoms with Crippen molar-refractivity contribution in [2.75, 3.05) is 0 Å². The van der Waals surface area contributed by atoms with Crippen LogP contribution in [0.3, 0.4) is 0 Å². The Hall–Kier alpha value is -2.12. The molecular formula is C22H21Cl2NO5. The van der Waals surface area contributed by atoms with Crippen molar-refractivity contribution in [3.8, 4) is 0 Å². The molecule has 1 unspecified atom stereocenters. The van der Waals surface area contributed by atoms with Gasteiger partial charge in [0.25, 0.3) is 5.91 Å². The highest BCUT2D eigenvalue weighted by Gasteiger charge is 2.50. The van der Waals surface area contributed by atoms with Gasteiger partial charge in [-0.2, -0.15) is 0 Å².